The Labute approximate surface area is 67.3 Å². The predicted octanol–water partition coefficient (Wildman–Crippen LogP) is 2.37. The Bertz CT molecular complexity index is 294. The molecule has 0 saturated carbocycles. The van der Waals surface area contributed by atoms with Crippen molar-refractivity contribution in [2.75, 3.05) is 0 Å². The summed E-state index contributed by atoms with van der Waals surface area (Å²) in [5, 5.41) is 8.46. The van der Waals surface area contributed by atoms with Gasteiger partial charge in [-0.1, -0.05) is 23.8 Å². The first-order chi connectivity index (χ1) is 5.24. The van der Waals surface area contributed by atoms with Gasteiger partial charge in [0.1, 0.15) is 0 Å². The molecular formula is C10H11N. The van der Waals surface area contributed by atoms with Gasteiger partial charge in [0.05, 0.1) is 12.5 Å². The minimum Gasteiger partial charge on any atom is -0.198 e. The minimum absolute atomic E-state index is 0.520. The lowest BCUT2D eigenvalue weighted by Crippen LogP contribution is -1.87. The van der Waals surface area contributed by atoms with Crippen molar-refractivity contribution in [1.29, 1.82) is 5.26 Å². The quantitative estimate of drug-likeness (QED) is 0.595. The van der Waals surface area contributed by atoms with E-state index in [0.29, 0.717) is 6.42 Å². The lowest BCUT2D eigenvalue weighted by molar-refractivity contribution is 1.20. The summed E-state index contributed by atoms with van der Waals surface area (Å²) < 4.78 is 0. The molecule has 0 bridgehead atoms. The molecule has 0 heterocycles. The highest BCUT2D eigenvalue weighted by Crippen LogP contribution is 2.10. The van der Waals surface area contributed by atoms with Crippen molar-refractivity contribution in [2.24, 2.45) is 0 Å². The second-order valence-corrected chi connectivity index (χ2v) is 2.76. The van der Waals surface area contributed by atoms with Gasteiger partial charge in [-0.3, -0.25) is 0 Å². The molecule has 0 aliphatic rings. The topological polar surface area (TPSA) is 23.8 Å². The zero-order valence-electron chi connectivity index (χ0n) is 6.89. The highest BCUT2D eigenvalue weighted by atomic mass is 14.2. The third-order valence-electron chi connectivity index (χ3n) is 1.77. The molecule has 0 N–H and O–H groups in total. The fourth-order valence-electron chi connectivity index (χ4n) is 1.13. The first kappa shape index (κ1) is 7.81. The van der Waals surface area contributed by atoms with Crippen LogP contribution in [0.15, 0.2) is 18.2 Å². The lowest BCUT2D eigenvalue weighted by atomic mass is 10.0. The number of aryl methyl sites for hydroxylation is 2. The van der Waals surface area contributed by atoms with E-state index in [2.05, 4.69) is 19.1 Å². The van der Waals surface area contributed by atoms with Gasteiger partial charge in [-0.25, -0.2) is 0 Å². The van der Waals surface area contributed by atoms with Crippen LogP contribution in [0.25, 0.3) is 0 Å². The predicted molar refractivity (Wildman–Crippen MR) is 45.2 cm³/mol. The van der Waals surface area contributed by atoms with Crippen molar-refractivity contribution in [1.82, 2.24) is 0 Å². The number of hydrogen-bond donors (Lipinski definition) is 0. The number of hydrogen-bond acceptors (Lipinski definition) is 1. The maximum Gasteiger partial charge on any atom is 0.0669 e. The van der Waals surface area contributed by atoms with E-state index in [-0.39, 0.29) is 0 Å². The summed E-state index contributed by atoms with van der Waals surface area (Å²) in [7, 11) is 0. The maximum absolute atomic E-state index is 8.46. The summed E-state index contributed by atoms with van der Waals surface area (Å²) in [6, 6.07) is 8.31. The summed E-state index contributed by atoms with van der Waals surface area (Å²) in [5.41, 5.74) is 3.61. The van der Waals surface area contributed by atoms with Gasteiger partial charge in [-0.05, 0) is 25.0 Å². The molecule has 0 unspecified atom stereocenters. The van der Waals surface area contributed by atoms with Gasteiger partial charge in [0.2, 0.25) is 0 Å². The highest BCUT2D eigenvalue weighted by Gasteiger charge is 1.95. The molecular weight excluding hydrogens is 134 g/mol. The van der Waals surface area contributed by atoms with Crippen LogP contribution < -0.4 is 0 Å². The summed E-state index contributed by atoms with van der Waals surface area (Å²) in [6.45, 7) is 4.10. The van der Waals surface area contributed by atoms with Crippen LogP contribution in [-0.2, 0) is 6.42 Å². The average Bonchev–Trinajstić information content (AvgIpc) is 1.95. The Morgan fingerprint density at radius 1 is 1.36 bits per heavy atom. The van der Waals surface area contributed by atoms with E-state index in [9.17, 15) is 0 Å². The van der Waals surface area contributed by atoms with Gasteiger partial charge >= 0.3 is 0 Å². The highest BCUT2D eigenvalue weighted by molar-refractivity contribution is 5.31. The molecule has 0 radical (unpaired) electrons. The van der Waals surface area contributed by atoms with E-state index < -0.39 is 0 Å². The molecule has 0 amide bonds. The number of rotatable bonds is 1. The van der Waals surface area contributed by atoms with E-state index in [0.717, 1.165) is 5.56 Å². The summed E-state index contributed by atoms with van der Waals surface area (Å²) in [6.07, 6.45) is 0.520. The third kappa shape index (κ3) is 1.81. The van der Waals surface area contributed by atoms with Crippen LogP contribution in [0.4, 0.5) is 0 Å². The van der Waals surface area contributed by atoms with Gasteiger partial charge in [-0.15, -0.1) is 0 Å². The molecule has 1 heteroatoms. The monoisotopic (exact) mass is 145 g/mol. The van der Waals surface area contributed by atoms with E-state index in [4.69, 9.17) is 5.26 Å². The zero-order chi connectivity index (χ0) is 8.27. The summed E-state index contributed by atoms with van der Waals surface area (Å²) >= 11 is 0. The fraction of sp³-hybridized carbons (Fsp3) is 0.300. The molecule has 1 nitrogen and oxygen atoms in total. The molecule has 0 aliphatic heterocycles. The lowest BCUT2D eigenvalue weighted by Gasteiger charge is -2.01. The van der Waals surface area contributed by atoms with Crippen molar-refractivity contribution in [2.45, 2.75) is 20.3 Å². The number of nitrogens with zero attached hydrogens (tertiary/aromatic N) is 1. The third-order valence-corrected chi connectivity index (χ3v) is 1.77. The van der Waals surface area contributed by atoms with Crippen molar-refractivity contribution in [3.63, 3.8) is 0 Å². The first-order valence-electron chi connectivity index (χ1n) is 3.67. The smallest absolute Gasteiger partial charge is 0.0669 e. The van der Waals surface area contributed by atoms with Crippen LogP contribution in [-0.4, -0.2) is 0 Å². The first-order valence-corrected chi connectivity index (χ1v) is 3.67. The fourth-order valence-corrected chi connectivity index (χ4v) is 1.13. The molecule has 0 spiro atoms. The Hall–Kier alpha value is -1.29. The van der Waals surface area contributed by atoms with E-state index in [1.54, 1.807) is 0 Å². The molecule has 0 fully saturated rings. The molecule has 1 aromatic rings. The van der Waals surface area contributed by atoms with E-state index in [1.165, 1.54) is 11.1 Å². The zero-order valence-corrected chi connectivity index (χ0v) is 6.89. The maximum atomic E-state index is 8.46. The Morgan fingerprint density at radius 2 is 2.09 bits per heavy atom. The molecule has 11 heavy (non-hydrogen) atoms. The van der Waals surface area contributed by atoms with Crippen LogP contribution in [0, 0.1) is 25.2 Å². The van der Waals surface area contributed by atoms with Crippen molar-refractivity contribution < 1.29 is 0 Å². The average molecular weight is 145 g/mol. The Balaban J connectivity index is 3.01. The van der Waals surface area contributed by atoms with Gasteiger partial charge in [0.25, 0.3) is 0 Å². The van der Waals surface area contributed by atoms with Crippen molar-refractivity contribution in [3.8, 4) is 6.07 Å². The number of benzene rings is 1. The van der Waals surface area contributed by atoms with Gasteiger partial charge in [0, 0.05) is 0 Å². The van der Waals surface area contributed by atoms with Crippen LogP contribution >= 0.6 is 0 Å². The Morgan fingerprint density at radius 3 is 2.64 bits per heavy atom. The minimum atomic E-state index is 0.520. The normalized spacial score (nSPS) is 9.18. The molecule has 0 saturated heterocycles. The second kappa shape index (κ2) is 3.21. The van der Waals surface area contributed by atoms with E-state index >= 15 is 0 Å². The summed E-state index contributed by atoms with van der Waals surface area (Å²) in [5.74, 6) is 0. The summed E-state index contributed by atoms with van der Waals surface area (Å²) in [4.78, 5) is 0. The molecule has 0 aromatic heterocycles. The molecule has 1 aromatic carbocycles. The van der Waals surface area contributed by atoms with E-state index in [1.807, 2.05) is 19.1 Å². The standard InChI is InChI=1S/C10H11N/c1-8-3-4-10(5-6-11)9(2)7-8/h3-4,7H,5H2,1-2H3. The number of nitriles is 1. The van der Waals surface area contributed by atoms with Crippen molar-refractivity contribution >= 4 is 0 Å². The van der Waals surface area contributed by atoms with Crippen LogP contribution in [0.3, 0.4) is 0 Å². The van der Waals surface area contributed by atoms with Gasteiger partial charge in [-0.2, -0.15) is 5.26 Å². The second-order valence-electron chi connectivity index (χ2n) is 2.76. The Kier molecular flexibility index (Phi) is 2.28. The van der Waals surface area contributed by atoms with Crippen LogP contribution in [0.1, 0.15) is 16.7 Å². The van der Waals surface area contributed by atoms with Crippen LogP contribution in [0.5, 0.6) is 0 Å². The SMILES string of the molecule is Cc1ccc(CC#N)c(C)c1. The molecule has 0 atom stereocenters. The van der Waals surface area contributed by atoms with Crippen molar-refractivity contribution in [3.05, 3.63) is 34.9 Å². The van der Waals surface area contributed by atoms with Crippen LogP contribution in [0.2, 0.25) is 0 Å². The largest absolute Gasteiger partial charge is 0.198 e. The molecule has 1 rings (SSSR count). The molecule has 56 valence electrons. The molecule has 0 aliphatic carbocycles. The van der Waals surface area contributed by atoms with Gasteiger partial charge in [0.15, 0.2) is 0 Å². The van der Waals surface area contributed by atoms with Gasteiger partial charge < -0.3 is 0 Å².